The summed E-state index contributed by atoms with van der Waals surface area (Å²) >= 11 is 0. The molecule has 0 unspecified atom stereocenters. The number of hydrogen-bond donors (Lipinski definition) is 2. The van der Waals surface area contributed by atoms with E-state index in [1.165, 1.54) is 73.6 Å². The fraction of sp³-hybridized carbons (Fsp3) is 0.514. The smallest absolute Gasteiger partial charge is 0.234 e. The Morgan fingerprint density at radius 2 is 1.18 bits per heavy atom. The third-order valence-electron chi connectivity index (χ3n) is 6.97. The van der Waals surface area contributed by atoms with Gasteiger partial charge in [-0.2, -0.15) is 0 Å². The first-order chi connectivity index (χ1) is 18.7. The number of allylic oxidation sites excluding steroid dienone is 4. The largest absolute Gasteiger partial charge is 0.292 e. The van der Waals surface area contributed by atoms with Gasteiger partial charge in [0, 0.05) is 13.0 Å². The molecule has 3 nitrogen and oxygen atoms in total. The quantitative estimate of drug-likeness (QED) is 0.0989. The second kappa shape index (κ2) is 21.3. The molecule has 0 spiro atoms. The Labute approximate surface area is 233 Å². The molecule has 0 aliphatic rings. The van der Waals surface area contributed by atoms with E-state index in [4.69, 9.17) is 0 Å². The molecule has 38 heavy (non-hydrogen) atoms. The highest BCUT2D eigenvalue weighted by Crippen LogP contribution is 2.11. The highest BCUT2D eigenvalue weighted by Gasteiger charge is 2.01. The highest BCUT2D eigenvalue weighted by molar-refractivity contribution is 5.75. The molecule has 0 atom stereocenters. The summed E-state index contributed by atoms with van der Waals surface area (Å²) in [6.07, 6.45) is 26.1. The summed E-state index contributed by atoms with van der Waals surface area (Å²) in [5.74, 6) is 0.0992. The van der Waals surface area contributed by atoms with Crippen LogP contribution in [0.1, 0.15) is 106 Å². The van der Waals surface area contributed by atoms with E-state index in [-0.39, 0.29) is 5.91 Å². The molecule has 0 fully saturated rings. The number of rotatable bonds is 21. The zero-order chi connectivity index (χ0) is 27.1. The second-order valence-electron chi connectivity index (χ2n) is 10.5. The zero-order valence-corrected chi connectivity index (χ0v) is 24.2. The Kier molecular flexibility index (Phi) is 17.7. The third-order valence-corrected chi connectivity index (χ3v) is 6.97. The number of aryl methyl sites for hydroxylation is 3. The van der Waals surface area contributed by atoms with Crippen LogP contribution in [0.3, 0.4) is 0 Å². The number of nitrogens with one attached hydrogen (secondary N) is 2. The van der Waals surface area contributed by atoms with Crippen LogP contribution in [-0.2, 0) is 24.1 Å². The van der Waals surface area contributed by atoms with Crippen molar-refractivity contribution in [2.75, 3.05) is 6.54 Å². The van der Waals surface area contributed by atoms with Crippen LogP contribution < -0.4 is 10.9 Å². The molecule has 0 bridgehead atoms. The molecule has 0 heterocycles. The van der Waals surface area contributed by atoms with E-state index in [0.717, 1.165) is 45.1 Å². The Bertz CT molecular complexity index is 912. The van der Waals surface area contributed by atoms with Gasteiger partial charge in [0.25, 0.3) is 0 Å². The normalized spacial score (nSPS) is 11.5. The highest BCUT2D eigenvalue weighted by atomic mass is 16.2. The van der Waals surface area contributed by atoms with Crippen molar-refractivity contribution in [3.05, 3.63) is 95.1 Å². The number of carbonyl (C=O) groups excluding carboxylic acids is 1. The first kappa shape index (κ1) is 31.6. The first-order valence-electron chi connectivity index (χ1n) is 15.1. The molecule has 0 saturated heterocycles. The number of hydrazine groups is 1. The summed E-state index contributed by atoms with van der Waals surface area (Å²) in [4.78, 5) is 12.1. The van der Waals surface area contributed by atoms with Crippen LogP contribution in [0.2, 0.25) is 0 Å². The molecule has 0 saturated carbocycles. The van der Waals surface area contributed by atoms with E-state index >= 15 is 0 Å². The maximum Gasteiger partial charge on any atom is 0.234 e. The molecule has 208 valence electrons. The summed E-state index contributed by atoms with van der Waals surface area (Å²) in [6, 6.07) is 17.7. The van der Waals surface area contributed by atoms with Crippen LogP contribution in [0.5, 0.6) is 0 Å². The fourth-order valence-electron chi connectivity index (χ4n) is 4.44. The molecule has 0 aliphatic carbocycles. The second-order valence-corrected chi connectivity index (χ2v) is 10.5. The van der Waals surface area contributed by atoms with Gasteiger partial charge in [0.15, 0.2) is 0 Å². The lowest BCUT2D eigenvalue weighted by Crippen LogP contribution is -2.38. The van der Waals surface area contributed by atoms with Crippen LogP contribution >= 0.6 is 0 Å². The third kappa shape index (κ3) is 16.2. The van der Waals surface area contributed by atoms with Crippen LogP contribution in [-0.4, -0.2) is 12.5 Å². The number of carbonyl (C=O) groups is 1. The Balaban J connectivity index is 1.40. The Morgan fingerprint density at radius 1 is 0.658 bits per heavy atom. The van der Waals surface area contributed by atoms with Gasteiger partial charge in [0.2, 0.25) is 5.91 Å². The van der Waals surface area contributed by atoms with Crippen molar-refractivity contribution < 1.29 is 4.79 Å². The average molecular weight is 517 g/mol. The fourth-order valence-corrected chi connectivity index (χ4v) is 4.44. The van der Waals surface area contributed by atoms with Crippen LogP contribution in [0.15, 0.2) is 72.8 Å². The van der Waals surface area contributed by atoms with Gasteiger partial charge in [-0.25, -0.2) is 5.43 Å². The SMILES string of the molecule is CCCCCC=CCC=CCCCCCCCC(=O)NNCCc1ccc(CCc2ccc(C)cc2)cc1. The topological polar surface area (TPSA) is 41.1 Å². The molecule has 2 N–H and O–H groups in total. The van der Waals surface area contributed by atoms with Crippen molar-refractivity contribution in [2.45, 2.75) is 110 Å². The monoisotopic (exact) mass is 516 g/mol. The van der Waals surface area contributed by atoms with Gasteiger partial charge in [-0.3, -0.25) is 10.2 Å². The van der Waals surface area contributed by atoms with Crippen molar-refractivity contribution in [1.29, 1.82) is 0 Å². The number of benzene rings is 2. The molecule has 0 radical (unpaired) electrons. The van der Waals surface area contributed by atoms with E-state index in [1.807, 2.05) is 0 Å². The van der Waals surface area contributed by atoms with Gasteiger partial charge in [-0.05, 0) is 81.4 Å². The Hall–Kier alpha value is -2.65. The summed E-state index contributed by atoms with van der Waals surface area (Å²) < 4.78 is 0. The minimum Gasteiger partial charge on any atom is -0.292 e. The van der Waals surface area contributed by atoms with Gasteiger partial charge in [-0.15, -0.1) is 0 Å². The van der Waals surface area contributed by atoms with Crippen molar-refractivity contribution >= 4 is 5.91 Å². The molecule has 1 amide bonds. The van der Waals surface area contributed by atoms with Crippen molar-refractivity contribution in [3.8, 4) is 0 Å². The number of unbranched alkanes of at least 4 members (excludes halogenated alkanes) is 8. The van der Waals surface area contributed by atoms with E-state index in [0.29, 0.717) is 6.42 Å². The van der Waals surface area contributed by atoms with Crippen molar-refractivity contribution in [1.82, 2.24) is 10.9 Å². The van der Waals surface area contributed by atoms with E-state index in [9.17, 15) is 4.79 Å². The molecule has 2 aromatic rings. The van der Waals surface area contributed by atoms with E-state index < -0.39 is 0 Å². The summed E-state index contributed by atoms with van der Waals surface area (Å²) in [5, 5.41) is 0. The lowest BCUT2D eigenvalue weighted by molar-refractivity contribution is -0.122. The van der Waals surface area contributed by atoms with Gasteiger partial charge in [0.05, 0.1) is 0 Å². The molecule has 0 aromatic heterocycles. The van der Waals surface area contributed by atoms with Gasteiger partial charge < -0.3 is 0 Å². The molecule has 2 aromatic carbocycles. The van der Waals surface area contributed by atoms with Gasteiger partial charge in [-0.1, -0.05) is 117 Å². The average Bonchev–Trinajstić information content (AvgIpc) is 2.93. The molecule has 3 heteroatoms. The molecule has 0 aliphatic heterocycles. The number of hydrogen-bond acceptors (Lipinski definition) is 2. The first-order valence-corrected chi connectivity index (χ1v) is 15.1. The molecular weight excluding hydrogens is 464 g/mol. The standard InChI is InChI=1S/C35H52N2O/c1-3-4-5-6-7-8-9-10-11-12-13-14-15-16-17-18-35(38)37-36-30-29-34-27-25-33(26-28-34)24-23-32-21-19-31(2)20-22-32/h7-8,10-11,19-22,25-28,36H,3-6,9,12-18,23-24,29-30H2,1-2H3,(H,37,38). The summed E-state index contributed by atoms with van der Waals surface area (Å²) in [5.41, 5.74) is 11.3. The number of amides is 1. The minimum absolute atomic E-state index is 0.0992. The molecule has 2 rings (SSSR count). The van der Waals surface area contributed by atoms with Crippen LogP contribution in [0.4, 0.5) is 0 Å². The summed E-state index contributed by atoms with van der Waals surface area (Å²) in [7, 11) is 0. The lowest BCUT2D eigenvalue weighted by atomic mass is 10.0. The van der Waals surface area contributed by atoms with Crippen LogP contribution in [0, 0.1) is 6.92 Å². The van der Waals surface area contributed by atoms with Gasteiger partial charge >= 0.3 is 0 Å². The van der Waals surface area contributed by atoms with Crippen molar-refractivity contribution in [3.63, 3.8) is 0 Å². The maximum absolute atomic E-state index is 12.1. The minimum atomic E-state index is 0.0992. The van der Waals surface area contributed by atoms with E-state index in [2.05, 4.69) is 97.5 Å². The summed E-state index contributed by atoms with van der Waals surface area (Å²) in [6.45, 7) is 5.12. The van der Waals surface area contributed by atoms with Crippen LogP contribution in [0.25, 0.3) is 0 Å². The van der Waals surface area contributed by atoms with Gasteiger partial charge in [0.1, 0.15) is 0 Å². The molecular formula is C35H52N2O. The maximum atomic E-state index is 12.1. The van der Waals surface area contributed by atoms with Crippen molar-refractivity contribution in [2.24, 2.45) is 0 Å². The lowest BCUT2D eigenvalue weighted by Gasteiger charge is -2.08. The predicted molar refractivity (Wildman–Crippen MR) is 164 cm³/mol. The van der Waals surface area contributed by atoms with E-state index in [1.54, 1.807) is 0 Å². The predicted octanol–water partition coefficient (Wildman–Crippen LogP) is 8.76. The Morgan fingerprint density at radius 3 is 1.82 bits per heavy atom. The zero-order valence-electron chi connectivity index (χ0n) is 24.2.